The van der Waals surface area contributed by atoms with Gasteiger partial charge < -0.3 is 4.90 Å². The van der Waals surface area contributed by atoms with Crippen LogP contribution in [-0.4, -0.2) is 29.7 Å². The number of unbranched alkanes of at least 4 members (excludes halogenated alkanes) is 2. The van der Waals surface area contributed by atoms with E-state index < -0.39 is 0 Å². The minimum Gasteiger partial charge on any atom is -0.346 e. The molecule has 0 radical (unpaired) electrons. The topological polar surface area (TPSA) is 20.3 Å². The summed E-state index contributed by atoms with van der Waals surface area (Å²) in [7, 11) is 1.91. The molecule has 0 rings (SSSR count). The summed E-state index contributed by atoms with van der Waals surface area (Å²) in [6, 6.07) is 0. The van der Waals surface area contributed by atoms with Gasteiger partial charge in [-0.25, -0.2) is 0 Å². The second kappa shape index (κ2) is 9.20. The monoisotopic (exact) mass is 277 g/mol. The molecule has 2 nitrogen and oxygen atoms in total. The molecule has 0 bridgehead atoms. The number of alkyl halides is 1. The average molecular weight is 278 g/mol. The molecule has 0 aliphatic heterocycles. The summed E-state index contributed by atoms with van der Waals surface area (Å²) < 4.78 is 0. The van der Waals surface area contributed by atoms with E-state index in [9.17, 15) is 4.79 Å². The molecular weight excluding hydrogens is 254 g/mol. The zero-order chi connectivity index (χ0) is 11.7. The Morgan fingerprint density at radius 3 is 2.47 bits per heavy atom. The van der Waals surface area contributed by atoms with Gasteiger partial charge in [0.15, 0.2) is 0 Å². The van der Waals surface area contributed by atoms with E-state index in [1.807, 2.05) is 11.9 Å². The molecule has 0 N–H and O–H groups in total. The quantitative estimate of drug-likeness (QED) is 0.492. The highest BCUT2D eigenvalue weighted by Crippen LogP contribution is 2.06. The van der Waals surface area contributed by atoms with Gasteiger partial charge >= 0.3 is 0 Å². The van der Waals surface area contributed by atoms with Crippen molar-refractivity contribution < 1.29 is 4.79 Å². The maximum Gasteiger partial charge on any atom is 0.222 e. The summed E-state index contributed by atoms with van der Waals surface area (Å²) in [6.07, 6.45) is 5.23. The van der Waals surface area contributed by atoms with Crippen molar-refractivity contribution in [3.63, 3.8) is 0 Å². The van der Waals surface area contributed by atoms with Crippen LogP contribution in [-0.2, 0) is 4.79 Å². The number of amides is 1. The normalized spacial score (nSPS) is 10.7. The fourth-order valence-corrected chi connectivity index (χ4v) is 1.74. The molecule has 0 heterocycles. The zero-order valence-corrected chi connectivity index (χ0v) is 11.8. The highest BCUT2D eigenvalue weighted by molar-refractivity contribution is 9.09. The second-order valence-corrected chi connectivity index (χ2v) is 5.29. The highest BCUT2D eigenvalue weighted by atomic mass is 79.9. The number of hydrogen-bond donors (Lipinski definition) is 0. The van der Waals surface area contributed by atoms with Crippen LogP contribution in [0.25, 0.3) is 0 Å². The van der Waals surface area contributed by atoms with Crippen molar-refractivity contribution in [2.45, 2.75) is 46.0 Å². The second-order valence-electron chi connectivity index (χ2n) is 4.50. The number of hydrogen-bond acceptors (Lipinski definition) is 1. The largest absolute Gasteiger partial charge is 0.346 e. The van der Waals surface area contributed by atoms with Crippen molar-refractivity contribution in [3.05, 3.63) is 0 Å². The molecular formula is C12H24BrNO. The molecule has 15 heavy (non-hydrogen) atoms. The van der Waals surface area contributed by atoms with Gasteiger partial charge in [0.05, 0.1) is 0 Å². The Hall–Kier alpha value is -0.0500. The molecule has 90 valence electrons. The Bertz CT molecular complexity index is 171. The molecule has 0 saturated carbocycles. The van der Waals surface area contributed by atoms with Crippen LogP contribution < -0.4 is 0 Å². The van der Waals surface area contributed by atoms with Crippen molar-refractivity contribution in [3.8, 4) is 0 Å². The van der Waals surface area contributed by atoms with Gasteiger partial charge in [0.25, 0.3) is 0 Å². The molecule has 0 aromatic rings. The van der Waals surface area contributed by atoms with Crippen molar-refractivity contribution in [2.24, 2.45) is 5.92 Å². The van der Waals surface area contributed by atoms with Crippen LogP contribution in [0.2, 0.25) is 0 Å². The van der Waals surface area contributed by atoms with Crippen LogP contribution >= 0.6 is 15.9 Å². The maximum absolute atomic E-state index is 11.6. The lowest BCUT2D eigenvalue weighted by Crippen LogP contribution is -2.27. The smallest absolute Gasteiger partial charge is 0.222 e. The molecule has 0 spiro atoms. The van der Waals surface area contributed by atoms with Crippen LogP contribution in [0.3, 0.4) is 0 Å². The lowest BCUT2D eigenvalue weighted by molar-refractivity contribution is -0.130. The van der Waals surface area contributed by atoms with Crippen LogP contribution in [0.1, 0.15) is 46.0 Å². The first-order valence-electron chi connectivity index (χ1n) is 5.87. The number of halogens is 1. The molecule has 1 amide bonds. The van der Waals surface area contributed by atoms with Gasteiger partial charge in [0, 0.05) is 25.3 Å². The molecule has 0 unspecified atom stereocenters. The van der Waals surface area contributed by atoms with Gasteiger partial charge in [-0.2, -0.15) is 0 Å². The third-order valence-corrected chi connectivity index (χ3v) is 3.05. The third-order valence-electron chi connectivity index (χ3n) is 2.49. The predicted octanol–water partition coefficient (Wildman–Crippen LogP) is 3.45. The number of carbonyl (C=O) groups excluding carboxylic acids is 1. The number of carbonyl (C=O) groups is 1. The summed E-state index contributed by atoms with van der Waals surface area (Å²) in [4.78, 5) is 13.5. The molecule has 0 aliphatic rings. The standard InChI is InChI=1S/C12H24BrNO/c1-11(2)7-8-12(15)14(3)10-6-4-5-9-13/h11H,4-10H2,1-3H3. The summed E-state index contributed by atoms with van der Waals surface area (Å²) in [5, 5.41) is 1.07. The van der Waals surface area contributed by atoms with Crippen molar-refractivity contribution in [1.29, 1.82) is 0 Å². The predicted molar refractivity (Wildman–Crippen MR) is 69.4 cm³/mol. The van der Waals surface area contributed by atoms with Crippen molar-refractivity contribution in [1.82, 2.24) is 4.90 Å². The summed E-state index contributed by atoms with van der Waals surface area (Å²) in [6.45, 7) is 5.22. The lowest BCUT2D eigenvalue weighted by atomic mass is 10.1. The van der Waals surface area contributed by atoms with Gasteiger partial charge in [0.2, 0.25) is 5.91 Å². The van der Waals surface area contributed by atoms with Gasteiger partial charge in [-0.3, -0.25) is 4.79 Å². The first-order chi connectivity index (χ1) is 7.07. The van der Waals surface area contributed by atoms with E-state index in [0.29, 0.717) is 18.2 Å². The van der Waals surface area contributed by atoms with E-state index in [2.05, 4.69) is 29.8 Å². The number of nitrogens with zero attached hydrogens (tertiary/aromatic N) is 1. The summed E-state index contributed by atoms with van der Waals surface area (Å²) in [5.41, 5.74) is 0. The minimum absolute atomic E-state index is 0.294. The van der Waals surface area contributed by atoms with Crippen molar-refractivity contribution >= 4 is 21.8 Å². The van der Waals surface area contributed by atoms with Gasteiger partial charge in [-0.15, -0.1) is 0 Å². The van der Waals surface area contributed by atoms with Crippen molar-refractivity contribution in [2.75, 3.05) is 18.9 Å². The molecule has 0 aromatic heterocycles. The Balaban J connectivity index is 3.51. The molecule has 3 heteroatoms. The summed E-state index contributed by atoms with van der Waals surface area (Å²) in [5.74, 6) is 0.915. The zero-order valence-electron chi connectivity index (χ0n) is 10.3. The van der Waals surface area contributed by atoms with Gasteiger partial charge in [-0.05, 0) is 25.2 Å². The van der Waals surface area contributed by atoms with E-state index in [0.717, 1.165) is 24.7 Å². The van der Waals surface area contributed by atoms with Gasteiger partial charge in [-0.1, -0.05) is 36.2 Å². The van der Waals surface area contributed by atoms with Gasteiger partial charge in [0.1, 0.15) is 0 Å². The Morgan fingerprint density at radius 1 is 1.27 bits per heavy atom. The molecule has 0 aliphatic carbocycles. The molecule has 0 atom stereocenters. The Morgan fingerprint density at radius 2 is 1.93 bits per heavy atom. The van der Waals surface area contributed by atoms with E-state index >= 15 is 0 Å². The minimum atomic E-state index is 0.294. The first-order valence-corrected chi connectivity index (χ1v) is 7.00. The fraction of sp³-hybridized carbons (Fsp3) is 0.917. The molecule has 0 fully saturated rings. The highest BCUT2D eigenvalue weighted by Gasteiger charge is 2.08. The maximum atomic E-state index is 11.6. The summed E-state index contributed by atoms with van der Waals surface area (Å²) >= 11 is 3.41. The third kappa shape index (κ3) is 8.91. The van der Waals surface area contributed by atoms with E-state index in [4.69, 9.17) is 0 Å². The Kier molecular flexibility index (Phi) is 9.17. The SMILES string of the molecule is CC(C)CCC(=O)N(C)CCCCCBr. The van der Waals surface area contributed by atoms with E-state index in [-0.39, 0.29) is 0 Å². The Labute approximate surface area is 103 Å². The van der Waals surface area contributed by atoms with Crippen LogP contribution in [0, 0.1) is 5.92 Å². The number of rotatable bonds is 8. The van der Waals surface area contributed by atoms with Crippen LogP contribution in [0.15, 0.2) is 0 Å². The average Bonchev–Trinajstić information content (AvgIpc) is 2.20. The first kappa shape index (κ1) is 14.9. The van der Waals surface area contributed by atoms with E-state index in [1.54, 1.807) is 0 Å². The lowest BCUT2D eigenvalue weighted by Gasteiger charge is -2.17. The van der Waals surface area contributed by atoms with E-state index in [1.165, 1.54) is 12.8 Å². The molecule has 0 aromatic carbocycles. The fourth-order valence-electron chi connectivity index (χ4n) is 1.35. The van der Waals surface area contributed by atoms with Crippen LogP contribution in [0.5, 0.6) is 0 Å². The van der Waals surface area contributed by atoms with Crippen LogP contribution in [0.4, 0.5) is 0 Å². The molecule has 0 saturated heterocycles.